The molecule has 0 aliphatic carbocycles. The monoisotopic (exact) mass is 203 g/mol. The van der Waals surface area contributed by atoms with Crippen LogP contribution in [0, 0.1) is 17.9 Å². The van der Waals surface area contributed by atoms with Crippen LogP contribution in [0.2, 0.25) is 0 Å². The molecule has 0 aliphatic rings. The van der Waals surface area contributed by atoms with Gasteiger partial charge in [-0.15, -0.1) is 0 Å². The Balaban J connectivity index is 2.26. The summed E-state index contributed by atoms with van der Waals surface area (Å²) in [5, 5.41) is 14.4. The molecule has 77 valence electrons. The second kappa shape index (κ2) is 6.51. The summed E-state index contributed by atoms with van der Waals surface area (Å²) in [5.41, 5.74) is 0.535. The van der Waals surface area contributed by atoms with Gasteiger partial charge in [-0.3, -0.25) is 0 Å². The number of aromatic nitrogens is 1. The summed E-state index contributed by atoms with van der Waals surface area (Å²) in [7, 11) is 0. The van der Waals surface area contributed by atoms with Crippen molar-refractivity contribution in [2.45, 2.75) is 0 Å². The van der Waals surface area contributed by atoms with Crippen molar-refractivity contribution in [3.63, 3.8) is 0 Å². The topological polar surface area (TPSA) is 77.8 Å². The molecule has 1 aromatic rings. The van der Waals surface area contributed by atoms with Gasteiger partial charge in [-0.05, 0) is 12.1 Å². The van der Waals surface area contributed by atoms with Crippen LogP contribution in [0.5, 0.6) is 0 Å². The third-order valence-electron chi connectivity index (χ3n) is 1.65. The Labute approximate surface area is 88.1 Å². The number of pyridine rings is 1. The zero-order valence-electron chi connectivity index (χ0n) is 8.10. The minimum atomic E-state index is 0.535. The summed E-state index contributed by atoms with van der Waals surface area (Å²) in [4.78, 5) is 14.0. The van der Waals surface area contributed by atoms with E-state index in [4.69, 9.17) is 5.26 Å². The average Bonchev–Trinajstić information content (AvgIpc) is 2.30. The lowest BCUT2D eigenvalue weighted by Gasteiger charge is -2.04. The smallest absolute Gasteiger partial charge is 0.138 e. The molecule has 15 heavy (non-hydrogen) atoms. The van der Waals surface area contributed by atoms with Crippen molar-refractivity contribution in [2.75, 3.05) is 18.4 Å². The molecule has 1 rings (SSSR count). The lowest BCUT2D eigenvalue weighted by molar-refractivity contribution is -0.105. The Kier molecular flexibility index (Phi) is 4.84. The molecule has 1 aromatic heterocycles. The van der Waals surface area contributed by atoms with Crippen LogP contribution in [0.15, 0.2) is 18.3 Å². The van der Waals surface area contributed by atoms with Gasteiger partial charge in [-0.25, -0.2) is 4.98 Å². The SMILES string of the molecule is N#Cc1ccc(NCCN[CH]C=O)nc1. The number of hydrogen-bond donors (Lipinski definition) is 2. The Morgan fingerprint density at radius 2 is 2.33 bits per heavy atom. The van der Waals surface area contributed by atoms with Gasteiger partial charge < -0.3 is 15.4 Å². The molecule has 0 aliphatic heterocycles. The summed E-state index contributed by atoms with van der Waals surface area (Å²) in [5.74, 6) is 0.710. The fraction of sp³-hybridized carbons (Fsp3) is 0.200. The molecule has 5 nitrogen and oxygen atoms in total. The molecule has 0 spiro atoms. The summed E-state index contributed by atoms with van der Waals surface area (Å²) >= 11 is 0. The van der Waals surface area contributed by atoms with E-state index in [0.717, 1.165) is 0 Å². The van der Waals surface area contributed by atoms with Crippen molar-refractivity contribution in [2.24, 2.45) is 0 Å². The zero-order chi connectivity index (χ0) is 10.9. The highest BCUT2D eigenvalue weighted by Crippen LogP contribution is 2.02. The van der Waals surface area contributed by atoms with Gasteiger partial charge in [0, 0.05) is 19.3 Å². The predicted octanol–water partition coefficient (Wildman–Crippen LogP) is 0.315. The Morgan fingerprint density at radius 1 is 1.47 bits per heavy atom. The van der Waals surface area contributed by atoms with Gasteiger partial charge in [0.05, 0.1) is 12.1 Å². The first-order valence-corrected chi connectivity index (χ1v) is 4.47. The van der Waals surface area contributed by atoms with Gasteiger partial charge in [-0.1, -0.05) is 0 Å². The third-order valence-corrected chi connectivity index (χ3v) is 1.65. The number of aldehydes is 1. The number of anilines is 1. The molecule has 0 atom stereocenters. The van der Waals surface area contributed by atoms with Crippen LogP contribution in [0.4, 0.5) is 5.82 Å². The van der Waals surface area contributed by atoms with E-state index in [2.05, 4.69) is 15.6 Å². The fourth-order valence-electron chi connectivity index (χ4n) is 0.959. The van der Waals surface area contributed by atoms with Crippen molar-refractivity contribution < 1.29 is 4.79 Å². The summed E-state index contributed by atoms with van der Waals surface area (Å²) in [6.07, 6.45) is 2.20. The van der Waals surface area contributed by atoms with E-state index in [-0.39, 0.29) is 0 Å². The first kappa shape index (κ1) is 11.1. The maximum Gasteiger partial charge on any atom is 0.138 e. The van der Waals surface area contributed by atoms with Crippen LogP contribution in [0.1, 0.15) is 5.56 Å². The van der Waals surface area contributed by atoms with Gasteiger partial charge >= 0.3 is 0 Å². The number of carbonyl (C=O) groups excluding carboxylic acids is 1. The summed E-state index contributed by atoms with van der Waals surface area (Å²) in [6, 6.07) is 5.42. The molecule has 1 heterocycles. The van der Waals surface area contributed by atoms with E-state index in [1.54, 1.807) is 12.1 Å². The van der Waals surface area contributed by atoms with Crippen molar-refractivity contribution in [1.29, 1.82) is 5.26 Å². The van der Waals surface area contributed by atoms with Gasteiger partial charge in [-0.2, -0.15) is 5.26 Å². The number of rotatable bonds is 6. The lowest BCUT2D eigenvalue weighted by Crippen LogP contribution is -2.20. The molecule has 0 saturated heterocycles. The summed E-state index contributed by atoms with van der Waals surface area (Å²) in [6.45, 7) is 2.64. The fourth-order valence-corrected chi connectivity index (χ4v) is 0.959. The highest BCUT2D eigenvalue weighted by Gasteiger charge is 1.93. The lowest BCUT2D eigenvalue weighted by atomic mass is 10.3. The number of hydrogen-bond acceptors (Lipinski definition) is 5. The molecule has 5 heteroatoms. The number of nitriles is 1. The van der Waals surface area contributed by atoms with Crippen LogP contribution in [0.3, 0.4) is 0 Å². The van der Waals surface area contributed by atoms with Crippen LogP contribution < -0.4 is 10.6 Å². The van der Waals surface area contributed by atoms with Crippen molar-refractivity contribution in [3.8, 4) is 6.07 Å². The van der Waals surface area contributed by atoms with E-state index in [0.29, 0.717) is 30.8 Å². The van der Waals surface area contributed by atoms with Crippen molar-refractivity contribution in [1.82, 2.24) is 10.3 Å². The highest BCUT2D eigenvalue weighted by molar-refractivity contribution is 5.59. The second-order valence-corrected chi connectivity index (χ2v) is 2.73. The van der Waals surface area contributed by atoms with Crippen molar-refractivity contribution in [3.05, 3.63) is 30.4 Å². The van der Waals surface area contributed by atoms with E-state index in [1.807, 2.05) is 6.07 Å². The quantitative estimate of drug-likeness (QED) is 0.514. The molecule has 0 saturated carbocycles. The highest BCUT2D eigenvalue weighted by atomic mass is 16.1. The number of nitrogens with zero attached hydrogens (tertiary/aromatic N) is 2. The van der Waals surface area contributed by atoms with Gasteiger partial charge in [0.1, 0.15) is 18.2 Å². The second-order valence-electron chi connectivity index (χ2n) is 2.73. The first-order chi connectivity index (χ1) is 7.36. The van der Waals surface area contributed by atoms with E-state index in [9.17, 15) is 4.79 Å². The maximum atomic E-state index is 9.93. The molecule has 0 aromatic carbocycles. The zero-order valence-corrected chi connectivity index (χ0v) is 8.10. The van der Waals surface area contributed by atoms with Crippen LogP contribution in [-0.4, -0.2) is 24.4 Å². The molecular weight excluding hydrogens is 192 g/mol. The number of nitrogens with one attached hydrogen (secondary N) is 2. The Hall–Kier alpha value is -1.93. The molecular formula is C10H11N4O. The van der Waals surface area contributed by atoms with Gasteiger partial charge in [0.15, 0.2) is 0 Å². The van der Waals surface area contributed by atoms with Gasteiger partial charge in [0.2, 0.25) is 0 Å². The Bertz CT molecular complexity index is 341. The Morgan fingerprint density at radius 3 is 2.93 bits per heavy atom. The summed E-state index contributed by atoms with van der Waals surface area (Å²) < 4.78 is 0. The normalized spacial score (nSPS) is 9.27. The van der Waals surface area contributed by atoms with Crippen LogP contribution >= 0.6 is 0 Å². The first-order valence-electron chi connectivity index (χ1n) is 4.47. The van der Waals surface area contributed by atoms with E-state index < -0.39 is 0 Å². The molecule has 0 amide bonds. The standard InChI is InChI=1S/C10H11N4O/c11-7-9-1-2-10(14-8-9)13-4-3-12-5-6-15/h1-2,5-6,8,12H,3-4H2,(H,13,14). The molecule has 1 radical (unpaired) electrons. The predicted molar refractivity (Wildman–Crippen MR) is 55.8 cm³/mol. The van der Waals surface area contributed by atoms with Gasteiger partial charge in [0.25, 0.3) is 0 Å². The van der Waals surface area contributed by atoms with E-state index in [1.165, 1.54) is 12.7 Å². The maximum absolute atomic E-state index is 9.93. The largest absolute Gasteiger partial charge is 0.369 e. The minimum Gasteiger partial charge on any atom is -0.369 e. The van der Waals surface area contributed by atoms with Crippen molar-refractivity contribution >= 4 is 12.1 Å². The van der Waals surface area contributed by atoms with Crippen LogP contribution in [0.25, 0.3) is 0 Å². The molecule has 0 unspecified atom stereocenters. The van der Waals surface area contributed by atoms with E-state index >= 15 is 0 Å². The average molecular weight is 203 g/mol. The molecule has 2 N–H and O–H groups in total. The number of carbonyl (C=O) groups is 1. The molecule has 0 bridgehead atoms. The van der Waals surface area contributed by atoms with Crippen LogP contribution in [-0.2, 0) is 4.79 Å². The third kappa shape index (κ3) is 4.20. The minimum absolute atomic E-state index is 0.535. The molecule has 0 fully saturated rings.